The van der Waals surface area contributed by atoms with Crippen molar-refractivity contribution < 1.29 is 14.3 Å². The molecule has 0 saturated carbocycles. The predicted octanol–water partition coefficient (Wildman–Crippen LogP) is 2.32. The van der Waals surface area contributed by atoms with Crippen molar-refractivity contribution in [2.24, 2.45) is 5.73 Å². The average molecular weight is 306 g/mol. The maximum Gasteiger partial charge on any atom is 0.239 e. The van der Waals surface area contributed by atoms with Crippen molar-refractivity contribution in [2.45, 2.75) is 51.6 Å². The molecule has 2 rings (SSSR count). The zero-order chi connectivity index (χ0) is 16.1. The lowest BCUT2D eigenvalue weighted by Crippen LogP contribution is -2.46. The van der Waals surface area contributed by atoms with Gasteiger partial charge in [-0.15, -0.1) is 0 Å². The molecule has 0 bridgehead atoms. The van der Waals surface area contributed by atoms with Crippen molar-refractivity contribution in [1.29, 1.82) is 0 Å². The molecule has 0 saturated heterocycles. The Morgan fingerprint density at radius 3 is 2.82 bits per heavy atom. The summed E-state index contributed by atoms with van der Waals surface area (Å²) in [7, 11) is 1.83. The highest BCUT2D eigenvalue weighted by Crippen LogP contribution is 2.32. The lowest BCUT2D eigenvalue weighted by atomic mass is 10.0. The number of likely N-dealkylation sites (N-methyl/N-ethyl adjacent to an activating group) is 1. The molecule has 1 aliphatic rings. The van der Waals surface area contributed by atoms with Crippen LogP contribution in [-0.4, -0.2) is 36.7 Å². The van der Waals surface area contributed by atoms with Gasteiger partial charge in [-0.25, -0.2) is 0 Å². The number of hydrogen-bond donors (Lipinski definition) is 1. The van der Waals surface area contributed by atoms with Crippen LogP contribution in [0.3, 0.4) is 0 Å². The lowest BCUT2D eigenvalue weighted by Gasteiger charge is -2.27. The summed E-state index contributed by atoms with van der Waals surface area (Å²) >= 11 is 0. The first-order valence-electron chi connectivity index (χ1n) is 7.93. The number of amides is 1. The molecule has 1 aliphatic heterocycles. The van der Waals surface area contributed by atoms with Gasteiger partial charge in [-0.1, -0.05) is 25.8 Å². The minimum atomic E-state index is -0.399. The topological polar surface area (TPSA) is 64.8 Å². The molecule has 2 N–H and O–H groups in total. The quantitative estimate of drug-likeness (QED) is 0.839. The van der Waals surface area contributed by atoms with E-state index in [9.17, 15) is 4.79 Å². The molecule has 2 atom stereocenters. The molecule has 22 heavy (non-hydrogen) atoms. The Morgan fingerprint density at radius 1 is 1.36 bits per heavy atom. The number of carbonyl (C=O) groups excluding carboxylic acids is 1. The van der Waals surface area contributed by atoms with Gasteiger partial charge >= 0.3 is 0 Å². The molecule has 1 amide bonds. The van der Waals surface area contributed by atoms with Gasteiger partial charge in [-0.2, -0.15) is 0 Å². The fourth-order valence-electron chi connectivity index (χ4n) is 2.57. The van der Waals surface area contributed by atoms with E-state index in [0.29, 0.717) is 0 Å². The van der Waals surface area contributed by atoms with Crippen molar-refractivity contribution in [1.82, 2.24) is 4.90 Å². The summed E-state index contributed by atoms with van der Waals surface area (Å²) in [5.41, 5.74) is 7.11. The van der Waals surface area contributed by atoms with Crippen LogP contribution in [0.1, 0.15) is 38.7 Å². The van der Waals surface area contributed by atoms with Crippen LogP contribution in [0.15, 0.2) is 18.2 Å². The Labute approximate surface area is 132 Å². The normalized spacial score (nSPS) is 15.5. The highest BCUT2D eigenvalue weighted by Gasteiger charge is 2.22. The van der Waals surface area contributed by atoms with Gasteiger partial charge in [-0.05, 0) is 37.5 Å². The first kappa shape index (κ1) is 16.6. The number of unbranched alkanes of at least 4 members (excludes halogenated alkanes) is 1. The second kappa shape index (κ2) is 7.49. The number of rotatable bonds is 7. The number of ether oxygens (including phenoxy) is 2. The van der Waals surface area contributed by atoms with Crippen LogP contribution >= 0.6 is 0 Å². The third-order valence-corrected chi connectivity index (χ3v) is 4.16. The van der Waals surface area contributed by atoms with Crippen LogP contribution in [-0.2, 0) is 11.2 Å². The Hall–Kier alpha value is -1.75. The molecular formula is C17H26N2O3. The van der Waals surface area contributed by atoms with E-state index in [1.807, 2.05) is 32.2 Å². The molecular weight excluding hydrogens is 280 g/mol. The second-order valence-corrected chi connectivity index (χ2v) is 5.94. The van der Waals surface area contributed by atoms with E-state index in [2.05, 4.69) is 6.92 Å². The summed E-state index contributed by atoms with van der Waals surface area (Å²) < 4.78 is 10.7. The third-order valence-electron chi connectivity index (χ3n) is 4.16. The molecule has 2 unspecified atom stereocenters. The highest BCUT2D eigenvalue weighted by atomic mass is 16.7. The fourth-order valence-corrected chi connectivity index (χ4v) is 2.57. The van der Waals surface area contributed by atoms with Crippen LogP contribution < -0.4 is 15.2 Å². The van der Waals surface area contributed by atoms with Crippen molar-refractivity contribution in [3.8, 4) is 11.5 Å². The minimum absolute atomic E-state index is 0.0155. The molecule has 1 aromatic carbocycles. The van der Waals surface area contributed by atoms with Gasteiger partial charge in [0.2, 0.25) is 12.7 Å². The molecule has 0 aliphatic carbocycles. The lowest BCUT2D eigenvalue weighted by molar-refractivity contribution is -0.133. The van der Waals surface area contributed by atoms with Gasteiger partial charge in [0.1, 0.15) is 0 Å². The number of fused-ring (bicyclic) bond motifs is 1. The Kier molecular flexibility index (Phi) is 5.66. The average Bonchev–Trinajstić information content (AvgIpc) is 2.98. The van der Waals surface area contributed by atoms with E-state index in [-0.39, 0.29) is 18.7 Å². The van der Waals surface area contributed by atoms with Gasteiger partial charge in [0.05, 0.1) is 6.04 Å². The van der Waals surface area contributed by atoms with Crippen LogP contribution in [0.4, 0.5) is 0 Å². The largest absolute Gasteiger partial charge is 0.454 e. The maximum atomic E-state index is 12.3. The Balaban J connectivity index is 1.93. The molecule has 0 spiro atoms. The minimum Gasteiger partial charge on any atom is -0.454 e. The van der Waals surface area contributed by atoms with E-state index >= 15 is 0 Å². The SMILES string of the molecule is CCCCC(N)C(=O)N(C)C(C)Cc1ccc2c(c1)OCO2. The van der Waals surface area contributed by atoms with Crippen molar-refractivity contribution in [2.75, 3.05) is 13.8 Å². The summed E-state index contributed by atoms with van der Waals surface area (Å²) in [6.07, 6.45) is 3.55. The smallest absolute Gasteiger partial charge is 0.239 e. The standard InChI is InChI=1S/C17H26N2O3/c1-4-5-6-14(18)17(20)19(3)12(2)9-13-7-8-15-16(10-13)22-11-21-15/h7-8,10,12,14H,4-6,9,11,18H2,1-3H3. The Morgan fingerprint density at radius 2 is 2.09 bits per heavy atom. The van der Waals surface area contributed by atoms with Gasteiger partial charge in [0.15, 0.2) is 11.5 Å². The number of nitrogens with zero attached hydrogens (tertiary/aromatic N) is 1. The fraction of sp³-hybridized carbons (Fsp3) is 0.588. The molecule has 0 aromatic heterocycles. The highest BCUT2D eigenvalue weighted by molar-refractivity contribution is 5.81. The summed E-state index contributed by atoms with van der Waals surface area (Å²) in [6, 6.07) is 5.59. The van der Waals surface area contributed by atoms with E-state index in [1.165, 1.54) is 0 Å². The second-order valence-electron chi connectivity index (χ2n) is 5.94. The molecule has 0 fully saturated rings. The van der Waals surface area contributed by atoms with Crippen LogP contribution in [0, 0.1) is 0 Å². The summed E-state index contributed by atoms with van der Waals surface area (Å²) in [6.45, 7) is 4.41. The van der Waals surface area contributed by atoms with E-state index < -0.39 is 6.04 Å². The van der Waals surface area contributed by atoms with E-state index in [1.54, 1.807) is 4.90 Å². The van der Waals surface area contributed by atoms with Gasteiger partial charge in [0.25, 0.3) is 0 Å². The number of carbonyl (C=O) groups is 1. The summed E-state index contributed by atoms with van der Waals surface area (Å²) in [4.78, 5) is 14.1. The molecule has 1 heterocycles. The summed E-state index contributed by atoms with van der Waals surface area (Å²) in [5, 5.41) is 0. The van der Waals surface area contributed by atoms with Crippen molar-refractivity contribution >= 4 is 5.91 Å². The molecule has 5 heteroatoms. The first-order valence-corrected chi connectivity index (χ1v) is 7.93. The van der Waals surface area contributed by atoms with E-state index in [4.69, 9.17) is 15.2 Å². The van der Waals surface area contributed by atoms with E-state index in [0.717, 1.165) is 42.7 Å². The van der Waals surface area contributed by atoms with Crippen LogP contribution in [0.2, 0.25) is 0 Å². The number of nitrogens with two attached hydrogens (primary N) is 1. The molecule has 122 valence electrons. The van der Waals surface area contributed by atoms with Crippen LogP contribution in [0.5, 0.6) is 11.5 Å². The molecule has 5 nitrogen and oxygen atoms in total. The third kappa shape index (κ3) is 3.91. The number of benzene rings is 1. The van der Waals surface area contributed by atoms with Gasteiger partial charge in [-0.3, -0.25) is 4.79 Å². The predicted molar refractivity (Wildman–Crippen MR) is 86.0 cm³/mol. The number of hydrogen-bond acceptors (Lipinski definition) is 4. The zero-order valence-electron chi connectivity index (χ0n) is 13.7. The first-order chi connectivity index (χ1) is 10.5. The van der Waals surface area contributed by atoms with Gasteiger partial charge < -0.3 is 20.1 Å². The molecule has 0 radical (unpaired) electrons. The zero-order valence-corrected chi connectivity index (χ0v) is 13.7. The molecule has 1 aromatic rings. The monoisotopic (exact) mass is 306 g/mol. The maximum absolute atomic E-state index is 12.3. The van der Waals surface area contributed by atoms with Crippen molar-refractivity contribution in [3.63, 3.8) is 0 Å². The van der Waals surface area contributed by atoms with Crippen LogP contribution in [0.25, 0.3) is 0 Å². The van der Waals surface area contributed by atoms with Crippen molar-refractivity contribution in [3.05, 3.63) is 23.8 Å². The summed E-state index contributed by atoms with van der Waals surface area (Å²) in [5.74, 6) is 1.57. The van der Waals surface area contributed by atoms with Gasteiger partial charge in [0, 0.05) is 13.1 Å². The Bertz CT molecular complexity index is 519.